The Bertz CT molecular complexity index is 512. The molecular formula is C17H21NO. The number of unbranched alkanes of at least 4 members (excludes halogenated alkanes) is 1. The fourth-order valence-electron chi connectivity index (χ4n) is 1.97. The van der Waals surface area contributed by atoms with Crippen LogP contribution >= 0.6 is 0 Å². The maximum atomic E-state index is 6.04. The van der Waals surface area contributed by atoms with E-state index in [9.17, 15) is 0 Å². The molecule has 0 atom stereocenters. The van der Waals surface area contributed by atoms with E-state index in [1.54, 1.807) is 0 Å². The number of allylic oxidation sites excluding steroid dienone is 4. The molecule has 0 unspecified atom stereocenters. The maximum absolute atomic E-state index is 6.04. The molecule has 0 bridgehead atoms. The predicted octanol–water partition coefficient (Wildman–Crippen LogP) is 5.19. The molecule has 0 saturated carbocycles. The van der Waals surface area contributed by atoms with Gasteiger partial charge in [0, 0.05) is 12.6 Å². The van der Waals surface area contributed by atoms with Crippen molar-refractivity contribution in [3.63, 3.8) is 0 Å². The Kier molecular flexibility index (Phi) is 4.96. The van der Waals surface area contributed by atoms with E-state index in [4.69, 9.17) is 4.74 Å². The minimum atomic E-state index is 0.847. The zero-order valence-corrected chi connectivity index (χ0v) is 11.7. The molecule has 0 aromatic heterocycles. The number of hydrogen-bond acceptors (Lipinski definition) is 2. The van der Waals surface area contributed by atoms with Crippen molar-refractivity contribution in [3.8, 4) is 5.75 Å². The summed E-state index contributed by atoms with van der Waals surface area (Å²) in [5.41, 5.74) is 2.12. The Morgan fingerprint density at radius 3 is 2.95 bits per heavy atom. The smallest absolute Gasteiger partial charge is 0.152 e. The van der Waals surface area contributed by atoms with Crippen LogP contribution in [0.5, 0.6) is 5.75 Å². The van der Waals surface area contributed by atoms with Gasteiger partial charge in [-0.1, -0.05) is 37.6 Å². The lowest BCUT2D eigenvalue weighted by atomic mass is 10.1. The van der Waals surface area contributed by atoms with Crippen LogP contribution in [0.15, 0.2) is 52.7 Å². The number of hydrogen-bond donors (Lipinski definition) is 0. The van der Waals surface area contributed by atoms with Crippen LogP contribution in [-0.2, 0) is 0 Å². The lowest BCUT2D eigenvalue weighted by molar-refractivity contribution is 0.398. The van der Waals surface area contributed by atoms with Gasteiger partial charge in [0.1, 0.15) is 11.4 Å². The van der Waals surface area contributed by atoms with Gasteiger partial charge in [0.05, 0.1) is 0 Å². The molecule has 1 aromatic carbocycles. The molecule has 2 heteroatoms. The molecule has 1 aliphatic carbocycles. The van der Waals surface area contributed by atoms with Crippen LogP contribution in [0.2, 0.25) is 0 Å². The van der Waals surface area contributed by atoms with E-state index in [-0.39, 0.29) is 0 Å². The lowest BCUT2D eigenvalue weighted by Gasteiger charge is -2.15. The fourth-order valence-corrected chi connectivity index (χ4v) is 1.97. The van der Waals surface area contributed by atoms with Crippen molar-refractivity contribution in [1.29, 1.82) is 0 Å². The van der Waals surface area contributed by atoms with Gasteiger partial charge in [-0.15, -0.1) is 0 Å². The van der Waals surface area contributed by atoms with Crippen molar-refractivity contribution >= 4 is 11.9 Å². The number of aliphatic imine (C=N–C) groups is 1. The van der Waals surface area contributed by atoms with Crippen LogP contribution in [0.25, 0.3) is 0 Å². The Hall–Kier alpha value is -1.83. The maximum Gasteiger partial charge on any atom is 0.152 e. The van der Waals surface area contributed by atoms with Gasteiger partial charge in [-0.25, -0.2) is 0 Å². The molecule has 1 aromatic rings. The highest BCUT2D eigenvalue weighted by atomic mass is 16.5. The van der Waals surface area contributed by atoms with E-state index >= 15 is 0 Å². The standard InChI is InChI=1S/C17H21NO/c1-3-4-13-18-15-10-6-8-12-17(15)19-16-11-7-5-9-14(16)2/h5-6,8-10,12-13H,3-4,7,11H2,1-2H3/b18-13-. The van der Waals surface area contributed by atoms with Crippen LogP contribution in [0.3, 0.4) is 0 Å². The third-order valence-electron chi connectivity index (χ3n) is 3.09. The molecule has 2 nitrogen and oxygen atoms in total. The third kappa shape index (κ3) is 3.82. The topological polar surface area (TPSA) is 21.6 Å². The van der Waals surface area contributed by atoms with Crippen LogP contribution < -0.4 is 4.74 Å². The van der Waals surface area contributed by atoms with Crippen LogP contribution in [0, 0.1) is 0 Å². The summed E-state index contributed by atoms with van der Waals surface area (Å²) in [6.45, 7) is 4.24. The molecule has 100 valence electrons. The van der Waals surface area contributed by atoms with Crippen molar-refractivity contribution < 1.29 is 4.74 Å². The van der Waals surface area contributed by atoms with Crippen molar-refractivity contribution in [3.05, 3.63) is 47.7 Å². The number of ether oxygens (including phenoxy) is 1. The normalized spacial score (nSPS) is 15.3. The van der Waals surface area contributed by atoms with E-state index in [2.05, 4.69) is 31.0 Å². The average molecular weight is 255 g/mol. The number of benzene rings is 1. The van der Waals surface area contributed by atoms with Crippen LogP contribution in [0.1, 0.15) is 39.5 Å². The van der Waals surface area contributed by atoms with Crippen molar-refractivity contribution in [2.75, 3.05) is 0 Å². The SMILES string of the molecule is CCC/C=N\c1ccccc1OC1=C(C)C=CCC1. The van der Waals surface area contributed by atoms with Gasteiger partial charge < -0.3 is 4.74 Å². The molecule has 0 saturated heterocycles. The Morgan fingerprint density at radius 1 is 1.32 bits per heavy atom. The highest BCUT2D eigenvalue weighted by Crippen LogP contribution is 2.31. The predicted molar refractivity (Wildman–Crippen MR) is 81.2 cm³/mol. The van der Waals surface area contributed by atoms with Crippen molar-refractivity contribution in [1.82, 2.24) is 0 Å². The number of nitrogens with zero attached hydrogens (tertiary/aromatic N) is 1. The van der Waals surface area contributed by atoms with Crippen LogP contribution in [0.4, 0.5) is 5.69 Å². The minimum absolute atomic E-state index is 0.847. The Balaban J connectivity index is 2.18. The lowest BCUT2D eigenvalue weighted by Crippen LogP contribution is -2.01. The quantitative estimate of drug-likeness (QED) is 0.663. The molecule has 1 aliphatic rings. The zero-order valence-electron chi connectivity index (χ0n) is 11.7. The van der Waals surface area contributed by atoms with Gasteiger partial charge in [0.25, 0.3) is 0 Å². The summed E-state index contributed by atoms with van der Waals surface area (Å²) in [6, 6.07) is 7.96. The second-order valence-electron chi connectivity index (χ2n) is 4.72. The van der Waals surface area contributed by atoms with Gasteiger partial charge in [-0.2, -0.15) is 0 Å². The molecule has 0 aliphatic heterocycles. The second kappa shape index (κ2) is 6.93. The Labute approximate surface area is 115 Å². The molecule has 19 heavy (non-hydrogen) atoms. The first-order chi connectivity index (χ1) is 9.31. The summed E-state index contributed by atoms with van der Waals surface area (Å²) in [5.74, 6) is 1.90. The summed E-state index contributed by atoms with van der Waals surface area (Å²) in [6.07, 6.45) is 10.4. The van der Waals surface area contributed by atoms with Gasteiger partial charge in [0.15, 0.2) is 5.75 Å². The third-order valence-corrected chi connectivity index (χ3v) is 3.09. The van der Waals surface area contributed by atoms with Gasteiger partial charge in [-0.3, -0.25) is 4.99 Å². The molecule has 0 fully saturated rings. The van der Waals surface area contributed by atoms with Crippen molar-refractivity contribution in [2.45, 2.75) is 39.5 Å². The van der Waals surface area contributed by atoms with Crippen molar-refractivity contribution in [2.24, 2.45) is 4.99 Å². The monoisotopic (exact) mass is 255 g/mol. The molecule has 0 heterocycles. The summed E-state index contributed by atoms with van der Waals surface area (Å²) in [5, 5.41) is 0. The molecule has 0 N–H and O–H groups in total. The second-order valence-corrected chi connectivity index (χ2v) is 4.72. The zero-order chi connectivity index (χ0) is 13.5. The van der Waals surface area contributed by atoms with E-state index in [0.717, 1.165) is 42.9 Å². The summed E-state index contributed by atoms with van der Waals surface area (Å²) in [7, 11) is 0. The molecular weight excluding hydrogens is 234 g/mol. The first kappa shape index (κ1) is 13.6. The molecule has 0 amide bonds. The first-order valence-corrected chi connectivity index (χ1v) is 6.97. The van der Waals surface area contributed by atoms with E-state index in [1.807, 2.05) is 30.5 Å². The first-order valence-electron chi connectivity index (χ1n) is 6.97. The van der Waals surface area contributed by atoms with E-state index in [0.29, 0.717) is 0 Å². The molecule has 0 spiro atoms. The van der Waals surface area contributed by atoms with Gasteiger partial charge >= 0.3 is 0 Å². The van der Waals surface area contributed by atoms with E-state index in [1.165, 1.54) is 5.57 Å². The minimum Gasteiger partial charge on any atom is -0.459 e. The Morgan fingerprint density at radius 2 is 2.16 bits per heavy atom. The highest BCUT2D eigenvalue weighted by molar-refractivity contribution is 5.66. The summed E-state index contributed by atoms with van der Waals surface area (Å²) in [4.78, 5) is 4.50. The summed E-state index contributed by atoms with van der Waals surface area (Å²) >= 11 is 0. The van der Waals surface area contributed by atoms with Crippen LogP contribution in [-0.4, -0.2) is 6.21 Å². The summed E-state index contributed by atoms with van der Waals surface area (Å²) < 4.78 is 6.04. The van der Waals surface area contributed by atoms with Gasteiger partial charge in [-0.05, 0) is 37.5 Å². The number of para-hydroxylation sites is 2. The average Bonchev–Trinajstić information content (AvgIpc) is 2.43. The largest absolute Gasteiger partial charge is 0.459 e. The molecule has 2 rings (SSSR count). The molecule has 0 radical (unpaired) electrons. The van der Waals surface area contributed by atoms with Gasteiger partial charge in [0.2, 0.25) is 0 Å². The van der Waals surface area contributed by atoms with E-state index < -0.39 is 0 Å². The number of rotatable bonds is 5. The highest BCUT2D eigenvalue weighted by Gasteiger charge is 2.09. The fraction of sp³-hybridized carbons (Fsp3) is 0.353.